The molecule has 0 spiro atoms. The SMILES string of the molecule is CCC(=O)OCC(=O)Nc1ccc(Sc2cc(C)ccc2C)cc1. The van der Waals surface area contributed by atoms with Crippen LogP contribution in [-0.2, 0) is 14.3 Å². The number of rotatable bonds is 6. The molecule has 4 nitrogen and oxygen atoms in total. The summed E-state index contributed by atoms with van der Waals surface area (Å²) >= 11 is 1.69. The summed E-state index contributed by atoms with van der Waals surface area (Å²) in [6.45, 7) is 5.60. The van der Waals surface area contributed by atoms with Crippen LogP contribution in [0.3, 0.4) is 0 Å². The predicted molar refractivity (Wildman–Crippen MR) is 96.4 cm³/mol. The molecule has 0 fully saturated rings. The van der Waals surface area contributed by atoms with E-state index in [1.54, 1.807) is 18.7 Å². The van der Waals surface area contributed by atoms with Crippen LogP contribution in [0.2, 0.25) is 0 Å². The lowest BCUT2D eigenvalue weighted by Crippen LogP contribution is -2.20. The fourth-order valence-corrected chi connectivity index (χ4v) is 3.00. The Bertz CT molecular complexity index is 726. The summed E-state index contributed by atoms with van der Waals surface area (Å²) in [4.78, 5) is 25.0. The number of benzene rings is 2. The first kappa shape index (κ1) is 18.1. The zero-order chi connectivity index (χ0) is 17.5. The van der Waals surface area contributed by atoms with Crippen LogP contribution < -0.4 is 5.32 Å². The fourth-order valence-electron chi connectivity index (χ4n) is 2.00. The molecular formula is C19H21NO3S. The number of nitrogens with one attached hydrogen (secondary N) is 1. The van der Waals surface area contributed by atoms with Gasteiger partial charge in [0.25, 0.3) is 5.91 Å². The van der Waals surface area contributed by atoms with Gasteiger partial charge in [0, 0.05) is 21.9 Å². The van der Waals surface area contributed by atoms with Gasteiger partial charge in [-0.1, -0.05) is 30.8 Å². The first-order valence-corrected chi connectivity index (χ1v) is 8.60. The van der Waals surface area contributed by atoms with Crippen molar-refractivity contribution in [3.63, 3.8) is 0 Å². The van der Waals surface area contributed by atoms with Gasteiger partial charge in [-0.15, -0.1) is 0 Å². The number of esters is 1. The summed E-state index contributed by atoms with van der Waals surface area (Å²) < 4.78 is 4.80. The number of aryl methyl sites for hydroxylation is 2. The summed E-state index contributed by atoms with van der Waals surface area (Å²) in [5, 5.41) is 2.71. The second kappa shape index (κ2) is 8.55. The Balaban J connectivity index is 1.94. The fraction of sp³-hybridized carbons (Fsp3) is 0.263. The normalized spacial score (nSPS) is 10.3. The number of amides is 1. The topological polar surface area (TPSA) is 55.4 Å². The number of ether oxygens (including phenoxy) is 1. The average molecular weight is 343 g/mol. The molecule has 0 saturated carbocycles. The van der Waals surface area contributed by atoms with Crippen molar-refractivity contribution in [2.75, 3.05) is 11.9 Å². The van der Waals surface area contributed by atoms with Gasteiger partial charge < -0.3 is 10.1 Å². The van der Waals surface area contributed by atoms with Crippen molar-refractivity contribution < 1.29 is 14.3 Å². The van der Waals surface area contributed by atoms with Crippen LogP contribution in [0.1, 0.15) is 24.5 Å². The molecule has 0 unspecified atom stereocenters. The maximum Gasteiger partial charge on any atom is 0.306 e. The van der Waals surface area contributed by atoms with Crippen LogP contribution in [-0.4, -0.2) is 18.5 Å². The molecule has 2 rings (SSSR count). The predicted octanol–water partition coefficient (Wildman–Crippen LogP) is 4.35. The minimum atomic E-state index is -0.384. The van der Waals surface area contributed by atoms with Crippen LogP contribution >= 0.6 is 11.8 Å². The standard InChI is InChI=1S/C19H21NO3S/c1-4-19(22)23-12-18(21)20-15-7-9-16(10-8-15)24-17-11-13(2)5-6-14(17)3/h5-11H,4,12H2,1-3H3,(H,20,21). The van der Waals surface area contributed by atoms with Crippen molar-refractivity contribution in [2.24, 2.45) is 0 Å². The van der Waals surface area contributed by atoms with Crippen molar-refractivity contribution in [3.05, 3.63) is 53.6 Å². The van der Waals surface area contributed by atoms with Gasteiger partial charge in [-0.05, 0) is 55.3 Å². The molecule has 0 aliphatic carbocycles. The smallest absolute Gasteiger partial charge is 0.306 e. The molecule has 0 aliphatic heterocycles. The van der Waals surface area contributed by atoms with Gasteiger partial charge in [0.05, 0.1) is 0 Å². The molecule has 2 aromatic carbocycles. The van der Waals surface area contributed by atoms with Crippen molar-refractivity contribution in [1.29, 1.82) is 0 Å². The third-order valence-electron chi connectivity index (χ3n) is 3.36. The molecule has 0 atom stereocenters. The summed E-state index contributed by atoms with van der Waals surface area (Å²) in [6, 6.07) is 14.0. The Hall–Kier alpha value is -2.27. The van der Waals surface area contributed by atoms with Gasteiger partial charge in [-0.2, -0.15) is 0 Å². The summed E-state index contributed by atoms with van der Waals surface area (Å²) in [6.07, 6.45) is 0.261. The largest absolute Gasteiger partial charge is 0.456 e. The molecule has 24 heavy (non-hydrogen) atoms. The molecule has 0 bridgehead atoms. The molecule has 0 saturated heterocycles. The van der Waals surface area contributed by atoms with E-state index < -0.39 is 0 Å². The molecule has 5 heteroatoms. The molecule has 0 heterocycles. The van der Waals surface area contributed by atoms with E-state index in [-0.39, 0.29) is 24.9 Å². The second-order valence-electron chi connectivity index (χ2n) is 5.46. The highest BCUT2D eigenvalue weighted by Crippen LogP contribution is 2.31. The van der Waals surface area contributed by atoms with E-state index in [2.05, 4.69) is 37.4 Å². The van der Waals surface area contributed by atoms with E-state index in [9.17, 15) is 9.59 Å². The number of carbonyl (C=O) groups is 2. The van der Waals surface area contributed by atoms with Crippen molar-refractivity contribution in [3.8, 4) is 0 Å². The molecule has 0 aromatic heterocycles. The number of anilines is 1. The van der Waals surface area contributed by atoms with Gasteiger partial charge in [-0.25, -0.2) is 0 Å². The third kappa shape index (κ3) is 5.42. The molecule has 126 valence electrons. The molecule has 1 N–H and O–H groups in total. The van der Waals surface area contributed by atoms with Crippen LogP contribution in [0.4, 0.5) is 5.69 Å². The Labute approximate surface area is 146 Å². The minimum absolute atomic E-state index is 0.258. The van der Waals surface area contributed by atoms with Gasteiger partial charge in [0.1, 0.15) is 0 Å². The highest BCUT2D eigenvalue weighted by Gasteiger charge is 2.07. The maximum atomic E-state index is 11.7. The number of hydrogen-bond donors (Lipinski definition) is 1. The number of hydrogen-bond acceptors (Lipinski definition) is 4. The van der Waals surface area contributed by atoms with Crippen LogP contribution in [0.25, 0.3) is 0 Å². The summed E-state index contributed by atoms with van der Waals surface area (Å²) in [5.74, 6) is -0.725. The van der Waals surface area contributed by atoms with E-state index >= 15 is 0 Å². The molecule has 1 amide bonds. The zero-order valence-electron chi connectivity index (χ0n) is 14.1. The Morgan fingerprint density at radius 2 is 1.79 bits per heavy atom. The molecule has 2 aromatic rings. The van der Waals surface area contributed by atoms with Crippen LogP contribution in [0.5, 0.6) is 0 Å². The Morgan fingerprint density at radius 1 is 1.08 bits per heavy atom. The lowest BCUT2D eigenvalue weighted by molar-refractivity contribution is -0.146. The van der Waals surface area contributed by atoms with Crippen LogP contribution in [0.15, 0.2) is 52.3 Å². The van der Waals surface area contributed by atoms with Crippen molar-refractivity contribution in [1.82, 2.24) is 0 Å². The molecule has 0 aliphatic rings. The van der Waals surface area contributed by atoms with E-state index in [1.807, 2.05) is 24.3 Å². The Morgan fingerprint density at radius 3 is 2.46 bits per heavy atom. The minimum Gasteiger partial charge on any atom is -0.456 e. The Kier molecular flexibility index (Phi) is 6.44. The summed E-state index contributed by atoms with van der Waals surface area (Å²) in [5.41, 5.74) is 3.15. The zero-order valence-corrected chi connectivity index (χ0v) is 14.9. The molecular weight excluding hydrogens is 322 g/mol. The molecule has 0 radical (unpaired) electrons. The average Bonchev–Trinajstić information content (AvgIpc) is 2.57. The van der Waals surface area contributed by atoms with Gasteiger partial charge in [0.2, 0.25) is 0 Å². The quantitative estimate of drug-likeness (QED) is 0.793. The monoisotopic (exact) mass is 343 g/mol. The summed E-state index contributed by atoms with van der Waals surface area (Å²) in [7, 11) is 0. The number of carbonyl (C=O) groups excluding carboxylic acids is 2. The van der Waals surface area contributed by atoms with Crippen LogP contribution in [0, 0.1) is 13.8 Å². The lowest BCUT2D eigenvalue weighted by Gasteiger charge is -2.09. The van der Waals surface area contributed by atoms with Crippen molar-refractivity contribution >= 4 is 29.3 Å². The lowest BCUT2D eigenvalue weighted by atomic mass is 10.2. The van der Waals surface area contributed by atoms with E-state index in [1.165, 1.54) is 16.0 Å². The van der Waals surface area contributed by atoms with Gasteiger partial charge in [-0.3, -0.25) is 9.59 Å². The van der Waals surface area contributed by atoms with E-state index in [0.717, 1.165) is 4.90 Å². The highest BCUT2D eigenvalue weighted by molar-refractivity contribution is 7.99. The van der Waals surface area contributed by atoms with E-state index in [0.29, 0.717) is 5.69 Å². The third-order valence-corrected chi connectivity index (χ3v) is 4.53. The van der Waals surface area contributed by atoms with Gasteiger partial charge in [0.15, 0.2) is 6.61 Å². The van der Waals surface area contributed by atoms with Gasteiger partial charge >= 0.3 is 5.97 Å². The maximum absolute atomic E-state index is 11.7. The van der Waals surface area contributed by atoms with Crippen molar-refractivity contribution in [2.45, 2.75) is 37.0 Å². The first-order chi connectivity index (χ1) is 11.5. The first-order valence-electron chi connectivity index (χ1n) is 7.78. The van der Waals surface area contributed by atoms with E-state index in [4.69, 9.17) is 4.74 Å². The second-order valence-corrected chi connectivity index (χ2v) is 6.57. The highest BCUT2D eigenvalue weighted by atomic mass is 32.2.